The summed E-state index contributed by atoms with van der Waals surface area (Å²) in [6.07, 6.45) is 2.70. The average molecular weight is 386 g/mol. The number of nitrogens with one attached hydrogen (secondary N) is 1. The van der Waals surface area contributed by atoms with E-state index in [1.807, 2.05) is 31.2 Å². The predicted octanol–water partition coefficient (Wildman–Crippen LogP) is 2.21. The molecule has 0 amide bonds. The molecule has 6 heteroatoms. The number of hydrogen-bond donors (Lipinski definition) is 2. The molecule has 28 heavy (non-hydrogen) atoms. The summed E-state index contributed by atoms with van der Waals surface area (Å²) in [6, 6.07) is 7.75. The highest BCUT2D eigenvalue weighted by atomic mass is 16.5. The standard InChI is InChI=1S/C22H31N3O3/c1-3-28-18-5-6-19-16(12-18)11-17(21(27)23-19)13-25-9-4-8-22(15-25)14-24(2)10-7-20(22)26/h5-6,11-12,20,26H,3-4,7-10,13-15H2,1-2H3,(H,23,27)/t20-,22-/m0/s1. The summed E-state index contributed by atoms with van der Waals surface area (Å²) in [7, 11) is 2.14. The fourth-order valence-electron chi connectivity index (χ4n) is 5.01. The highest BCUT2D eigenvalue weighted by molar-refractivity contribution is 5.80. The highest BCUT2D eigenvalue weighted by Gasteiger charge is 2.44. The van der Waals surface area contributed by atoms with E-state index in [0.29, 0.717) is 13.2 Å². The third-order valence-corrected chi connectivity index (χ3v) is 6.36. The smallest absolute Gasteiger partial charge is 0.252 e. The molecular formula is C22H31N3O3. The molecule has 4 rings (SSSR count). The summed E-state index contributed by atoms with van der Waals surface area (Å²) < 4.78 is 5.60. The van der Waals surface area contributed by atoms with Gasteiger partial charge in [-0.1, -0.05) is 0 Å². The monoisotopic (exact) mass is 385 g/mol. The maximum Gasteiger partial charge on any atom is 0.252 e. The van der Waals surface area contributed by atoms with Gasteiger partial charge in [0.05, 0.1) is 12.7 Å². The molecule has 2 atom stereocenters. The van der Waals surface area contributed by atoms with Crippen LogP contribution < -0.4 is 10.3 Å². The summed E-state index contributed by atoms with van der Waals surface area (Å²) in [4.78, 5) is 20.3. The number of likely N-dealkylation sites (tertiary alicyclic amines) is 2. The van der Waals surface area contributed by atoms with Crippen molar-refractivity contribution in [3.63, 3.8) is 0 Å². The molecule has 2 aliphatic rings. The van der Waals surface area contributed by atoms with E-state index in [1.54, 1.807) is 0 Å². The Balaban J connectivity index is 1.56. The number of rotatable bonds is 4. The molecule has 2 aromatic rings. The van der Waals surface area contributed by atoms with Crippen LogP contribution in [0.2, 0.25) is 0 Å². The molecule has 1 spiro atoms. The van der Waals surface area contributed by atoms with E-state index in [0.717, 1.165) is 67.7 Å². The number of hydrogen-bond acceptors (Lipinski definition) is 5. The van der Waals surface area contributed by atoms with Crippen LogP contribution in [0.4, 0.5) is 0 Å². The van der Waals surface area contributed by atoms with Gasteiger partial charge in [0, 0.05) is 48.1 Å². The number of aliphatic hydroxyl groups excluding tert-OH is 1. The van der Waals surface area contributed by atoms with E-state index >= 15 is 0 Å². The normalized spacial score (nSPS) is 26.8. The molecule has 0 saturated carbocycles. The van der Waals surface area contributed by atoms with E-state index in [1.165, 1.54) is 0 Å². The summed E-state index contributed by atoms with van der Waals surface area (Å²) >= 11 is 0. The molecule has 2 fully saturated rings. The molecule has 0 radical (unpaired) electrons. The summed E-state index contributed by atoms with van der Waals surface area (Å²) in [5, 5.41) is 11.7. The lowest BCUT2D eigenvalue weighted by molar-refractivity contribution is -0.0808. The third kappa shape index (κ3) is 3.81. The van der Waals surface area contributed by atoms with Crippen molar-refractivity contribution in [1.29, 1.82) is 0 Å². The van der Waals surface area contributed by atoms with Crippen LogP contribution in [0.1, 0.15) is 31.7 Å². The Hall–Kier alpha value is -1.89. The number of pyridine rings is 1. The number of aliphatic hydroxyl groups is 1. The van der Waals surface area contributed by atoms with Crippen LogP contribution in [0.5, 0.6) is 5.75 Å². The van der Waals surface area contributed by atoms with Gasteiger partial charge in [0.2, 0.25) is 0 Å². The van der Waals surface area contributed by atoms with Crippen molar-refractivity contribution >= 4 is 10.9 Å². The van der Waals surface area contributed by atoms with Crippen LogP contribution in [-0.4, -0.2) is 65.8 Å². The molecule has 0 aliphatic carbocycles. The zero-order valence-electron chi connectivity index (χ0n) is 16.9. The maximum atomic E-state index is 12.6. The van der Waals surface area contributed by atoms with Crippen LogP contribution >= 0.6 is 0 Å². The molecule has 1 aromatic heterocycles. The van der Waals surface area contributed by atoms with E-state index in [4.69, 9.17) is 4.74 Å². The van der Waals surface area contributed by atoms with Crippen molar-refractivity contribution in [3.8, 4) is 5.75 Å². The first kappa shape index (κ1) is 19.4. The Labute approximate surface area is 166 Å². The molecule has 2 aliphatic heterocycles. The minimum Gasteiger partial charge on any atom is -0.494 e. The Morgan fingerprint density at radius 2 is 2.14 bits per heavy atom. The van der Waals surface area contributed by atoms with Crippen LogP contribution in [0.25, 0.3) is 10.9 Å². The van der Waals surface area contributed by atoms with Gasteiger partial charge in [0.25, 0.3) is 5.56 Å². The largest absolute Gasteiger partial charge is 0.494 e. The second-order valence-corrected chi connectivity index (χ2v) is 8.52. The van der Waals surface area contributed by atoms with Crippen molar-refractivity contribution in [2.75, 3.05) is 39.8 Å². The summed E-state index contributed by atoms with van der Waals surface area (Å²) in [5.41, 5.74) is 1.50. The van der Waals surface area contributed by atoms with Gasteiger partial charge in [-0.25, -0.2) is 0 Å². The zero-order chi connectivity index (χ0) is 19.7. The van der Waals surface area contributed by atoms with Gasteiger partial charge in [-0.05, 0) is 64.0 Å². The number of aromatic amines is 1. The van der Waals surface area contributed by atoms with Gasteiger partial charge in [0.1, 0.15) is 5.75 Å². The molecule has 152 valence electrons. The number of benzene rings is 1. The van der Waals surface area contributed by atoms with Gasteiger partial charge >= 0.3 is 0 Å². The Morgan fingerprint density at radius 3 is 2.96 bits per heavy atom. The number of nitrogens with zero attached hydrogens (tertiary/aromatic N) is 2. The van der Waals surface area contributed by atoms with Gasteiger partial charge in [-0.3, -0.25) is 9.69 Å². The quantitative estimate of drug-likeness (QED) is 0.845. The SMILES string of the molecule is CCOc1ccc2[nH]c(=O)c(CN3CCC[C@]4(CN(C)CC[C@@H]4O)C3)cc2c1. The molecule has 0 bridgehead atoms. The fraction of sp³-hybridized carbons (Fsp3) is 0.591. The van der Waals surface area contributed by atoms with Crippen molar-refractivity contribution < 1.29 is 9.84 Å². The van der Waals surface area contributed by atoms with E-state index < -0.39 is 0 Å². The van der Waals surface area contributed by atoms with Crippen LogP contribution in [0.3, 0.4) is 0 Å². The number of H-pyrrole nitrogens is 1. The minimum absolute atomic E-state index is 0.0300. The van der Waals surface area contributed by atoms with Crippen molar-refractivity contribution in [2.45, 2.75) is 38.8 Å². The second-order valence-electron chi connectivity index (χ2n) is 8.52. The number of aromatic nitrogens is 1. The first-order valence-electron chi connectivity index (χ1n) is 10.4. The van der Waals surface area contributed by atoms with Crippen molar-refractivity contribution in [1.82, 2.24) is 14.8 Å². The Morgan fingerprint density at radius 1 is 1.29 bits per heavy atom. The van der Waals surface area contributed by atoms with Gasteiger partial charge in [0.15, 0.2) is 0 Å². The molecule has 0 unspecified atom stereocenters. The number of piperidine rings is 2. The van der Waals surface area contributed by atoms with Gasteiger partial charge in [-0.15, -0.1) is 0 Å². The molecular weight excluding hydrogens is 354 g/mol. The summed E-state index contributed by atoms with van der Waals surface area (Å²) in [5.74, 6) is 0.818. The first-order chi connectivity index (χ1) is 13.5. The van der Waals surface area contributed by atoms with E-state index in [-0.39, 0.29) is 17.1 Å². The predicted molar refractivity (Wildman–Crippen MR) is 111 cm³/mol. The third-order valence-electron chi connectivity index (χ3n) is 6.36. The molecule has 2 N–H and O–H groups in total. The second kappa shape index (κ2) is 7.85. The van der Waals surface area contributed by atoms with Crippen LogP contribution in [0.15, 0.2) is 29.1 Å². The van der Waals surface area contributed by atoms with E-state index in [9.17, 15) is 9.90 Å². The maximum absolute atomic E-state index is 12.6. The average Bonchev–Trinajstić information content (AvgIpc) is 2.66. The summed E-state index contributed by atoms with van der Waals surface area (Å²) in [6.45, 7) is 6.89. The Kier molecular flexibility index (Phi) is 5.45. The lowest BCUT2D eigenvalue weighted by atomic mass is 9.71. The Bertz CT molecular complexity index is 896. The zero-order valence-corrected chi connectivity index (χ0v) is 16.9. The van der Waals surface area contributed by atoms with Gasteiger partial charge < -0.3 is 19.7 Å². The van der Waals surface area contributed by atoms with E-state index in [2.05, 4.69) is 21.8 Å². The van der Waals surface area contributed by atoms with Gasteiger partial charge in [-0.2, -0.15) is 0 Å². The molecule has 1 aromatic carbocycles. The van der Waals surface area contributed by atoms with Crippen LogP contribution in [0, 0.1) is 5.41 Å². The molecule has 2 saturated heterocycles. The molecule has 3 heterocycles. The lowest BCUT2D eigenvalue weighted by Crippen LogP contribution is -2.58. The topological polar surface area (TPSA) is 68.8 Å². The first-order valence-corrected chi connectivity index (χ1v) is 10.4. The number of ether oxygens (including phenoxy) is 1. The minimum atomic E-state index is -0.255. The van der Waals surface area contributed by atoms with Crippen molar-refractivity contribution in [2.24, 2.45) is 5.41 Å². The van der Waals surface area contributed by atoms with Crippen LogP contribution in [-0.2, 0) is 6.54 Å². The van der Waals surface area contributed by atoms with Crippen molar-refractivity contribution in [3.05, 3.63) is 40.2 Å². The highest BCUT2D eigenvalue weighted by Crippen LogP contribution is 2.38. The molecule has 6 nitrogen and oxygen atoms in total. The number of fused-ring (bicyclic) bond motifs is 1. The lowest BCUT2D eigenvalue weighted by Gasteiger charge is -2.50. The fourth-order valence-corrected chi connectivity index (χ4v) is 5.01.